The van der Waals surface area contributed by atoms with Crippen molar-refractivity contribution < 1.29 is 38.1 Å². The van der Waals surface area contributed by atoms with Crippen molar-refractivity contribution in [2.24, 2.45) is 0 Å². The third-order valence-electron chi connectivity index (χ3n) is 6.71. The fourth-order valence-electron chi connectivity index (χ4n) is 4.71. The number of carboxylic acids is 2. The van der Waals surface area contributed by atoms with Gasteiger partial charge in [-0.15, -0.1) is 0 Å². The highest BCUT2D eigenvalue weighted by Crippen LogP contribution is 2.31. The number of fused-ring (bicyclic) bond motifs is 1. The summed E-state index contributed by atoms with van der Waals surface area (Å²) in [6, 6.07) is 17.0. The summed E-state index contributed by atoms with van der Waals surface area (Å²) in [5.74, 6) is -3.30. The second-order valence-electron chi connectivity index (χ2n) is 9.58. The first-order chi connectivity index (χ1) is 20.2. The second kappa shape index (κ2) is 14.1. The molecule has 0 amide bonds. The molecule has 0 unspecified atom stereocenters. The number of rotatable bonds is 14. The first-order valence-corrected chi connectivity index (χ1v) is 13.4. The fraction of sp³-hybridized carbons (Fsp3) is 0.212. The van der Waals surface area contributed by atoms with E-state index >= 15 is 0 Å². The number of para-hydroxylation sites is 1. The summed E-state index contributed by atoms with van der Waals surface area (Å²) in [6.07, 6.45) is 8.29. The van der Waals surface area contributed by atoms with Crippen molar-refractivity contribution in [1.82, 2.24) is 4.57 Å². The molecule has 1 aromatic heterocycles. The smallest absolute Gasteiger partial charge is 0.323 e. The molecule has 0 saturated carbocycles. The zero-order valence-electron chi connectivity index (χ0n) is 23.1. The number of nitrogens with zero attached hydrogens (tertiary/aromatic N) is 1. The van der Waals surface area contributed by atoms with Crippen LogP contribution in [0.1, 0.15) is 35.2 Å². The molecule has 2 N–H and O–H groups in total. The van der Waals surface area contributed by atoms with Gasteiger partial charge in [0.15, 0.2) is 11.6 Å². The SMILES string of the molecule is Cc1c(CCCC(=O)O)c2cccc(/C=C/c3ccc(OC/C=C/COc4cccc(F)c4F)cc3)c2n1CC(=O)O. The Bertz CT molecular complexity index is 1620. The third-order valence-corrected chi connectivity index (χ3v) is 6.71. The molecule has 4 aromatic rings. The Morgan fingerprint density at radius 1 is 0.881 bits per heavy atom. The molecular formula is C33H31F2NO6. The predicted molar refractivity (Wildman–Crippen MR) is 157 cm³/mol. The van der Waals surface area contributed by atoms with Crippen molar-refractivity contribution in [3.8, 4) is 11.5 Å². The molecule has 0 saturated heterocycles. The Morgan fingerprint density at radius 2 is 1.60 bits per heavy atom. The first-order valence-electron chi connectivity index (χ1n) is 13.4. The Balaban J connectivity index is 1.41. The molecular weight excluding hydrogens is 544 g/mol. The van der Waals surface area contributed by atoms with Crippen LogP contribution in [-0.4, -0.2) is 39.9 Å². The largest absolute Gasteiger partial charge is 0.490 e. The maximum atomic E-state index is 13.6. The lowest BCUT2D eigenvalue weighted by atomic mass is 10.0. The van der Waals surface area contributed by atoms with Crippen LogP contribution in [0.3, 0.4) is 0 Å². The van der Waals surface area contributed by atoms with E-state index < -0.39 is 23.6 Å². The molecule has 4 rings (SSSR count). The van der Waals surface area contributed by atoms with E-state index in [9.17, 15) is 23.5 Å². The maximum Gasteiger partial charge on any atom is 0.323 e. The van der Waals surface area contributed by atoms with E-state index in [1.807, 2.05) is 61.5 Å². The van der Waals surface area contributed by atoms with Gasteiger partial charge in [0.1, 0.15) is 25.5 Å². The number of hydrogen-bond acceptors (Lipinski definition) is 4. The van der Waals surface area contributed by atoms with Crippen molar-refractivity contribution in [1.29, 1.82) is 0 Å². The van der Waals surface area contributed by atoms with Crippen molar-refractivity contribution in [3.63, 3.8) is 0 Å². The molecule has 0 atom stereocenters. The molecule has 0 spiro atoms. The van der Waals surface area contributed by atoms with Crippen LogP contribution >= 0.6 is 0 Å². The summed E-state index contributed by atoms with van der Waals surface area (Å²) < 4.78 is 39.5. The van der Waals surface area contributed by atoms with Gasteiger partial charge in [-0.05, 0) is 72.9 Å². The van der Waals surface area contributed by atoms with Crippen LogP contribution in [0.5, 0.6) is 11.5 Å². The lowest BCUT2D eigenvalue weighted by Crippen LogP contribution is -2.10. The van der Waals surface area contributed by atoms with Gasteiger partial charge in [-0.25, -0.2) is 4.39 Å². The Kier molecular flexibility index (Phi) is 10.1. The minimum atomic E-state index is -1.02. The topological polar surface area (TPSA) is 98.0 Å². The van der Waals surface area contributed by atoms with Crippen molar-refractivity contribution in [2.75, 3.05) is 13.2 Å². The van der Waals surface area contributed by atoms with Crippen molar-refractivity contribution >= 4 is 35.0 Å². The van der Waals surface area contributed by atoms with Crippen LogP contribution in [0, 0.1) is 18.6 Å². The summed E-state index contributed by atoms with van der Waals surface area (Å²) in [6.45, 7) is 2.01. The lowest BCUT2D eigenvalue weighted by molar-refractivity contribution is -0.138. The molecule has 42 heavy (non-hydrogen) atoms. The van der Waals surface area contributed by atoms with E-state index in [1.54, 1.807) is 16.7 Å². The molecule has 0 aliphatic carbocycles. The number of ether oxygens (including phenoxy) is 2. The molecule has 7 nitrogen and oxygen atoms in total. The van der Waals surface area contributed by atoms with Gasteiger partial charge >= 0.3 is 11.9 Å². The van der Waals surface area contributed by atoms with Crippen molar-refractivity contribution in [2.45, 2.75) is 32.7 Å². The highest BCUT2D eigenvalue weighted by Gasteiger charge is 2.18. The zero-order valence-corrected chi connectivity index (χ0v) is 23.1. The standard InChI is InChI=1S/C33H31F2NO6/c1-22-26(8-5-12-30(37)38)27-9-4-7-24(33(27)36(22)21-31(39)40)16-13-23-14-17-25(18-15-23)41-19-2-3-20-42-29-11-6-10-28(34)32(29)35/h2-4,6-7,9-11,13-18H,5,8,12,19-21H2,1H3,(H,37,38)(H,39,40)/b3-2+,16-13+. The second-order valence-corrected chi connectivity index (χ2v) is 9.58. The average Bonchev–Trinajstić information content (AvgIpc) is 3.22. The number of aliphatic carboxylic acids is 2. The summed E-state index contributed by atoms with van der Waals surface area (Å²) in [5.41, 5.74) is 4.35. The lowest BCUT2D eigenvalue weighted by Gasteiger charge is -2.08. The van der Waals surface area contributed by atoms with E-state index in [0.29, 0.717) is 18.6 Å². The van der Waals surface area contributed by atoms with Gasteiger partial charge in [-0.3, -0.25) is 9.59 Å². The quantitative estimate of drug-likeness (QED) is 0.125. The number of benzene rings is 3. The number of halogens is 2. The van der Waals surface area contributed by atoms with Crippen LogP contribution in [0.2, 0.25) is 0 Å². The molecule has 3 aromatic carbocycles. The van der Waals surface area contributed by atoms with Gasteiger partial charge in [-0.1, -0.05) is 48.6 Å². The molecule has 0 aliphatic heterocycles. The fourth-order valence-corrected chi connectivity index (χ4v) is 4.71. The number of carboxylic acid groups (broad SMARTS) is 2. The van der Waals surface area contributed by atoms with Gasteiger partial charge in [0, 0.05) is 17.5 Å². The minimum absolute atomic E-state index is 0.0485. The normalized spacial score (nSPS) is 11.5. The zero-order chi connectivity index (χ0) is 30.1. The van der Waals surface area contributed by atoms with E-state index in [4.69, 9.17) is 14.6 Å². The van der Waals surface area contributed by atoms with Crippen LogP contribution in [-0.2, 0) is 22.6 Å². The molecule has 1 heterocycles. The highest BCUT2D eigenvalue weighted by atomic mass is 19.2. The van der Waals surface area contributed by atoms with Gasteiger partial charge in [-0.2, -0.15) is 4.39 Å². The van der Waals surface area contributed by atoms with E-state index in [1.165, 1.54) is 12.1 Å². The van der Waals surface area contributed by atoms with Gasteiger partial charge in [0.25, 0.3) is 0 Å². The summed E-state index contributed by atoms with van der Waals surface area (Å²) in [7, 11) is 0. The number of aromatic nitrogens is 1. The number of hydrogen-bond donors (Lipinski definition) is 2. The van der Waals surface area contributed by atoms with E-state index in [-0.39, 0.29) is 31.9 Å². The molecule has 0 bridgehead atoms. The maximum absolute atomic E-state index is 13.6. The molecule has 0 aliphatic rings. The molecule has 9 heteroatoms. The average molecular weight is 576 g/mol. The number of carbonyl (C=O) groups is 2. The number of aryl methyl sites for hydroxylation is 1. The third kappa shape index (κ3) is 7.63. The van der Waals surface area contributed by atoms with Gasteiger partial charge < -0.3 is 24.3 Å². The molecule has 0 fully saturated rings. The highest BCUT2D eigenvalue weighted by molar-refractivity contribution is 5.95. The van der Waals surface area contributed by atoms with Crippen LogP contribution in [0.4, 0.5) is 8.78 Å². The monoisotopic (exact) mass is 575 g/mol. The van der Waals surface area contributed by atoms with Crippen LogP contribution in [0.25, 0.3) is 23.1 Å². The summed E-state index contributed by atoms with van der Waals surface area (Å²) in [5, 5.41) is 19.5. The summed E-state index contributed by atoms with van der Waals surface area (Å²) in [4.78, 5) is 22.7. The minimum Gasteiger partial charge on any atom is -0.490 e. The van der Waals surface area contributed by atoms with Gasteiger partial charge in [0.05, 0.1) is 5.52 Å². The van der Waals surface area contributed by atoms with Crippen molar-refractivity contribution in [3.05, 3.63) is 107 Å². The Labute approximate surface area is 241 Å². The van der Waals surface area contributed by atoms with E-state index in [0.717, 1.165) is 39.4 Å². The van der Waals surface area contributed by atoms with E-state index in [2.05, 4.69) is 0 Å². The Hall–Kier alpha value is -4.92. The van der Waals surface area contributed by atoms with Crippen LogP contribution in [0.15, 0.2) is 72.8 Å². The first kappa shape index (κ1) is 30.0. The van der Waals surface area contributed by atoms with Crippen LogP contribution < -0.4 is 9.47 Å². The predicted octanol–water partition coefficient (Wildman–Crippen LogP) is 6.90. The molecule has 0 radical (unpaired) electrons. The summed E-state index contributed by atoms with van der Waals surface area (Å²) >= 11 is 0. The molecule has 218 valence electrons. The van der Waals surface area contributed by atoms with Gasteiger partial charge in [0.2, 0.25) is 5.82 Å². The Morgan fingerprint density at radius 3 is 2.31 bits per heavy atom.